The fourth-order valence-electron chi connectivity index (χ4n) is 3.90. The third-order valence-electron chi connectivity index (χ3n) is 5.18. The summed E-state index contributed by atoms with van der Waals surface area (Å²) in [6.45, 7) is 3.87. The molecule has 0 aromatic carbocycles. The highest BCUT2D eigenvalue weighted by Gasteiger charge is 2.46. The molecule has 0 aliphatic carbocycles. The minimum atomic E-state index is -0.257. The summed E-state index contributed by atoms with van der Waals surface area (Å²) in [7, 11) is 0. The second-order valence-electron chi connectivity index (χ2n) is 6.56. The predicted molar refractivity (Wildman–Crippen MR) is 78.6 cm³/mol. The first-order valence-corrected chi connectivity index (χ1v) is 8.80. The molecule has 3 aliphatic rings. The minimum Gasteiger partial charge on any atom is -0.375 e. The van der Waals surface area contributed by atoms with Crippen molar-refractivity contribution in [3.05, 3.63) is 0 Å². The summed E-state index contributed by atoms with van der Waals surface area (Å²) in [5, 5.41) is 3.43. The first-order chi connectivity index (χ1) is 9.14. The number of ether oxygens (including phenoxy) is 1. The quantitative estimate of drug-likeness (QED) is 0.844. The molecule has 3 fully saturated rings. The molecule has 2 unspecified atom stereocenters. The third-order valence-corrected chi connectivity index (χ3v) is 6.17. The van der Waals surface area contributed by atoms with Crippen molar-refractivity contribution in [2.75, 3.05) is 24.7 Å². The molecule has 2 atom stereocenters. The zero-order valence-electron chi connectivity index (χ0n) is 11.9. The lowest BCUT2D eigenvalue weighted by Crippen LogP contribution is -2.52. The first-order valence-electron chi connectivity index (χ1n) is 7.65. The molecule has 1 spiro atoms. The predicted octanol–water partition coefficient (Wildman–Crippen LogP) is 2.39. The third kappa shape index (κ3) is 2.72. The van der Waals surface area contributed by atoms with Gasteiger partial charge in [-0.3, -0.25) is 4.79 Å². The number of rotatable bonds is 2. The molecule has 0 radical (unpaired) electrons. The monoisotopic (exact) mass is 283 g/mol. The number of ketones is 1. The standard InChI is InChI=1S/C15H25NO2S/c1-14(4-2-7-16-14)13(17)12-3-8-18-15(11-12)5-9-19-10-6-15/h12,16H,2-11H2,1H3. The zero-order valence-corrected chi connectivity index (χ0v) is 12.7. The molecular weight excluding hydrogens is 258 g/mol. The van der Waals surface area contributed by atoms with E-state index in [2.05, 4.69) is 12.2 Å². The summed E-state index contributed by atoms with van der Waals surface area (Å²) in [4.78, 5) is 12.8. The van der Waals surface area contributed by atoms with Crippen molar-refractivity contribution in [3.8, 4) is 0 Å². The van der Waals surface area contributed by atoms with Crippen LogP contribution in [0, 0.1) is 5.92 Å². The van der Waals surface area contributed by atoms with Crippen LogP contribution in [0.25, 0.3) is 0 Å². The van der Waals surface area contributed by atoms with Crippen molar-refractivity contribution in [3.63, 3.8) is 0 Å². The molecule has 3 aliphatic heterocycles. The van der Waals surface area contributed by atoms with Crippen LogP contribution in [0.2, 0.25) is 0 Å². The highest BCUT2D eigenvalue weighted by atomic mass is 32.2. The van der Waals surface area contributed by atoms with Crippen molar-refractivity contribution in [2.45, 2.75) is 56.6 Å². The van der Waals surface area contributed by atoms with Gasteiger partial charge in [-0.15, -0.1) is 0 Å². The van der Waals surface area contributed by atoms with E-state index in [4.69, 9.17) is 4.74 Å². The van der Waals surface area contributed by atoms with Crippen LogP contribution in [0.3, 0.4) is 0 Å². The Morgan fingerprint density at radius 1 is 1.32 bits per heavy atom. The highest BCUT2D eigenvalue weighted by molar-refractivity contribution is 7.99. The van der Waals surface area contributed by atoms with E-state index in [9.17, 15) is 4.79 Å². The summed E-state index contributed by atoms with van der Waals surface area (Å²) in [6.07, 6.45) is 6.28. The van der Waals surface area contributed by atoms with Crippen LogP contribution >= 0.6 is 11.8 Å². The van der Waals surface area contributed by atoms with Crippen molar-refractivity contribution < 1.29 is 9.53 Å². The molecule has 1 N–H and O–H groups in total. The van der Waals surface area contributed by atoms with Gasteiger partial charge in [0, 0.05) is 12.5 Å². The number of Topliss-reactive ketones (excluding diaryl/α,β-unsaturated/α-hetero) is 1. The Kier molecular flexibility index (Phi) is 3.93. The molecule has 108 valence electrons. The summed E-state index contributed by atoms with van der Waals surface area (Å²) in [5.74, 6) is 3.05. The average molecular weight is 283 g/mol. The number of carbonyl (C=O) groups excluding carboxylic acids is 1. The minimum absolute atomic E-state index is 0.0266. The molecule has 0 aromatic heterocycles. The van der Waals surface area contributed by atoms with Crippen LogP contribution in [0.1, 0.15) is 45.4 Å². The van der Waals surface area contributed by atoms with E-state index >= 15 is 0 Å². The highest BCUT2D eigenvalue weighted by Crippen LogP contribution is 2.41. The van der Waals surface area contributed by atoms with Crippen molar-refractivity contribution in [1.29, 1.82) is 0 Å². The average Bonchev–Trinajstić information content (AvgIpc) is 2.87. The van der Waals surface area contributed by atoms with Gasteiger partial charge >= 0.3 is 0 Å². The molecule has 3 heterocycles. The van der Waals surface area contributed by atoms with Crippen molar-refractivity contribution >= 4 is 17.5 Å². The Morgan fingerprint density at radius 2 is 2.11 bits per heavy atom. The fourth-order valence-corrected chi connectivity index (χ4v) is 5.14. The molecule has 4 heteroatoms. The number of nitrogens with one attached hydrogen (secondary N) is 1. The van der Waals surface area contributed by atoms with Gasteiger partial charge in [-0.05, 0) is 63.5 Å². The lowest BCUT2D eigenvalue weighted by atomic mass is 9.75. The lowest BCUT2D eigenvalue weighted by molar-refractivity contribution is -0.143. The lowest BCUT2D eigenvalue weighted by Gasteiger charge is -2.44. The van der Waals surface area contributed by atoms with Crippen molar-refractivity contribution in [2.24, 2.45) is 5.92 Å². The van der Waals surface area contributed by atoms with E-state index in [1.807, 2.05) is 11.8 Å². The largest absolute Gasteiger partial charge is 0.375 e. The van der Waals surface area contributed by atoms with Gasteiger partial charge < -0.3 is 10.1 Å². The molecule has 3 rings (SSSR count). The Balaban J connectivity index is 1.69. The summed E-state index contributed by atoms with van der Waals surface area (Å²) in [5.41, 5.74) is -0.231. The molecule has 0 bridgehead atoms. The van der Waals surface area contributed by atoms with Crippen LogP contribution in [0.4, 0.5) is 0 Å². The second kappa shape index (κ2) is 5.38. The number of thioether (sulfide) groups is 1. The fraction of sp³-hybridized carbons (Fsp3) is 0.933. The van der Waals surface area contributed by atoms with E-state index in [0.717, 1.165) is 51.7 Å². The van der Waals surface area contributed by atoms with Crippen LogP contribution in [-0.4, -0.2) is 41.6 Å². The van der Waals surface area contributed by atoms with E-state index in [-0.39, 0.29) is 17.1 Å². The van der Waals surface area contributed by atoms with E-state index in [1.165, 1.54) is 11.5 Å². The molecule has 0 amide bonds. The Bertz CT molecular complexity index is 341. The van der Waals surface area contributed by atoms with Gasteiger partial charge in [0.05, 0.1) is 11.1 Å². The maximum absolute atomic E-state index is 12.8. The van der Waals surface area contributed by atoms with Gasteiger partial charge in [0.1, 0.15) is 0 Å². The Labute approximate surface area is 120 Å². The summed E-state index contributed by atoms with van der Waals surface area (Å²) in [6, 6.07) is 0. The molecule has 3 saturated heterocycles. The second-order valence-corrected chi connectivity index (χ2v) is 7.79. The van der Waals surface area contributed by atoms with Gasteiger partial charge in [0.25, 0.3) is 0 Å². The summed E-state index contributed by atoms with van der Waals surface area (Å²) >= 11 is 2.02. The number of carbonyl (C=O) groups is 1. The SMILES string of the molecule is CC1(C(=O)C2CCOC3(CCSCC3)C2)CCCN1. The van der Waals surface area contributed by atoms with E-state index in [1.54, 1.807) is 0 Å². The summed E-state index contributed by atoms with van der Waals surface area (Å²) < 4.78 is 6.10. The molecule has 3 nitrogen and oxygen atoms in total. The molecular formula is C15H25NO2S. The van der Waals surface area contributed by atoms with E-state index in [0.29, 0.717) is 5.78 Å². The zero-order chi connectivity index (χ0) is 13.3. The molecule has 0 saturated carbocycles. The topological polar surface area (TPSA) is 38.3 Å². The van der Waals surface area contributed by atoms with Crippen LogP contribution in [-0.2, 0) is 9.53 Å². The molecule has 0 aromatic rings. The van der Waals surface area contributed by atoms with Crippen LogP contribution in [0.15, 0.2) is 0 Å². The van der Waals surface area contributed by atoms with E-state index < -0.39 is 0 Å². The number of hydrogen-bond acceptors (Lipinski definition) is 4. The van der Waals surface area contributed by atoms with Gasteiger partial charge in [0.15, 0.2) is 5.78 Å². The van der Waals surface area contributed by atoms with Crippen LogP contribution in [0.5, 0.6) is 0 Å². The van der Waals surface area contributed by atoms with Gasteiger partial charge in [0.2, 0.25) is 0 Å². The molecule has 19 heavy (non-hydrogen) atoms. The normalized spacial score (nSPS) is 38.5. The van der Waals surface area contributed by atoms with Crippen LogP contribution < -0.4 is 5.32 Å². The smallest absolute Gasteiger partial charge is 0.155 e. The van der Waals surface area contributed by atoms with Gasteiger partial charge in [-0.2, -0.15) is 11.8 Å². The Morgan fingerprint density at radius 3 is 2.79 bits per heavy atom. The maximum Gasteiger partial charge on any atom is 0.155 e. The van der Waals surface area contributed by atoms with Crippen molar-refractivity contribution in [1.82, 2.24) is 5.32 Å². The Hall–Kier alpha value is -0.0600. The van der Waals surface area contributed by atoms with Gasteiger partial charge in [-0.1, -0.05) is 0 Å². The first kappa shape index (κ1) is 13.9. The van der Waals surface area contributed by atoms with Gasteiger partial charge in [-0.25, -0.2) is 0 Å². The number of hydrogen-bond donors (Lipinski definition) is 1. The maximum atomic E-state index is 12.8.